The fraction of sp³-hybridized carbons (Fsp3) is 0.190. The van der Waals surface area contributed by atoms with Crippen molar-refractivity contribution in [1.82, 2.24) is 0 Å². The number of para-hydroxylation sites is 1. The number of carbonyl (C=O) groups excluding carboxylic acids is 1. The van der Waals surface area contributed by atoms with Gasteiger partial charge in [0.05, 0.1) is 12.0 Å². The lowest BCUT2D eigenvalue weighted by molar-refractivity contribution is 0.0992. The van der Waals surface area contributed by atoms with E-state index in [2.05, 4.69) is 0 Å². The van der Waals surface area contributed by atoms with Gasteiger partial charge >= 0.3 is 0 Å². The van der Waals surface area contributed by atoms with Gasteiger partial charge in [0, 0.05) is 28.2 Å². The van der Waals surface area contributed by atoms with Crippen molar-refractivity contribution in [2.24, 2.45) is 0 Å². The summed E-state index contributed by atoms with van der Waals surface area (Å²) in [6, 6.07) is 17.5. The first-order valence-electron chi connectivity index (χ1n) is 8.52. The summed E-state index contributed by atoms with van der Waals surface area (Å²) in [7, 11) is 1.63. The number of carbonyl (C=O) groups is 1. The minimum Gasteiger partial charge on any atom is -0.497 e. The Morgan fingerprint density at radius 3 is 2.69 bits per heavy atom. The van der Waals surface area contributed by atoms with Gasteiger partial charge in [-0.2, -0.15) is 0 Å². The highest BCUT2D eigenvalue weighted by Gasteiger charge is 2.25. The van der Waals surface area contributed by atoms with Crippen molar-refractivity contribution in [3.05, 3.63) is 65.0 Å². The number of methoxy groups -OCH3 is 1. The molecule has 0 fully saturated rings. The molecule has 0 spiro atoms. The van der Waals surface area contributed by atoms with Crippen LogP contribution >= 0.6 is 11.3 Å². The van der Waals surface area contributed by atoms with E-state index in [-0.39, 0.29) is 5.91 Å². The minimum atomic E-state index is 0.00884. The van der Waals surface area contributed by atoms with Crippen molar-refractivity contribution in [3.63, 3.8) is 0 Å². The van der Waals surface area contributed by atoms with Crippen LogP contribution in [0.25, 0.3) is 10.4 Å². The van der Waals surface area contributed by atoms with Crippen molar-refractivity contribution in [2.45, 2.75) is 13.5 Å². The topological polar surface area (TPSA) is 38.8 Å². The Balaban J connectivity index is 1.67. The molecule has 2 aromatic carbocycles. The molecule has 1 aliphatic rings. The van der Waals surface area contributed by atoms with E-state index < -0.39 is 0 Å². The van der Waals surface area contributed by atoms with E-state index in [9.17, 15) is 4.79 Å². The summed E-state index contributed by atoms with van der Waals surface area (Å²) < 4.78 is 11.0. The molecule has 4 rings (SSSR count). The number of fused-ring (bicyclic) bond motifs is 3. The fourth-order valence-corrected chi connectivity index (χ4v) is 4.29. The summed E-state index contributed by atoms with van der Waals surface area (Å²) in [6.07, 6.45) is 0. The number of hydrogen-bond acceptors (Lipinski definition) is 4. The van der Waals surface area contributed by atoms with Gasteiger partial charge in [-0.05, 0) is 49.4 Å². The Morgan fingerprint density at radius 1 is 1.19 bits per heavy atom. The monoisotopic (exact) mass is 365 g/mol. The zero-order valence-electron chi connectivity index (χ0n) is 14.7. The van der Waals surface area contributed by atoms with Gasteiger partial charge in [0.2, 0.25) is 0 Å². The van der Waals surface area contributed by atoms with Crippen LogP contribution in [0.4, 0.5) is 5.69 Å². The van der Waals surface area contributed by atoms with E-state index in [1.807, 2.05) is 61.5 Å². The lowest BCUT2D eigenvalue weighted by atomic mass is 10.1. The Labute approximate surface area is 156 Å². The highest BCUT2D eigenvalue weighted by molar-refractivity contribution is 7.17. The molecular weight excluding hydrogens is 346 g/mol. The van der Waals surface area contributed by atoms with Crippen LogP contribution < -0.4 is 14.4 Å². The summed E-state index contributed by atoms with van der Waals surface area (Å²) in [6.45, 7) is 3.08. The van der Waals surface area contributed by atoms with Crippen LogP contribution in [0, 0.1) is 0 Å². The van der Waals surface area contributed by atoms with Crippen molar-refractivity contribution >= 4 is 22.9 Å². The lowest BCUT2D eigenvalue weighted by Crippen LogP contribution is -2.29. The molecule has 0 unspecified atom stereocenters. The van der Waals surface area contributed by atoms with Crippen LogP contribution in [0.5, 0.6) is 11.5 Å². The number of benzene rings is 2. The Kier molecular flexibility index (Phi) is 4.39. The van der Waals surface area contributed by atoms with Crippen LogP contribution in [-0.4, -0.2) is 19.6 Å². The number of rotatable bonds is 4. The predicted octanol–water partition coefficient (Wildman–Crippen LogP) is 4.98. The third kappa shape index (κ3) is 2.84. The number of nitrogens with zero attached hydrogens (tertiary/aromatic N) is 1. The SMILES string of the molecule is CCN(C(=O)c1cc2c(s1)-c1ccccc1OC2)c1ccc(OC)cc1. The molecule has 0 N–H and O–H groups in total. The molecule has 0 atom stereocenters. The van der Waals surface area contributed by atoms with E-state index in [1.165, 1.54) is 11.3 Å². The van der Waals surface area contributed by atoms with Crippen LogP contribution in [0.2, 0.25) is 0 Å². The van der Waals surface area contributed by atoms with Crippen LogP contribution in [0.15, 0.2) is 54.6 Å². The zero-order valence-corrected chi connectivity index (χ0v) is 15.5. The summed E-state index contributed by atoms with van der Waals surface area (Å²) in [5.74, 6) is 1.66. The molecule has 1 aromatic heterocycles. The number of amides is 1. The average Bonchev–Trinajstić information content (AvgIpc) is 3.14. The van der Waals surface area contributed by atoms with Crippen molar-refractivity contribution < 1.29 is 14.3 Å². The molecule has 2 heterocycles. The molecule has 0 saturated carbocycles. The van der Waals surface area contributed by atoms with E-state index in [4.69, 9.17) is 9.47 Å². The first-order valence-corrected chi connectivity index (χ1v) is 9.33. The normalized spacial score (nSPS) is 11.9. The maximum Gasteiger partial charge on any atom is 0.268 e. The highest BCUT2D eigenvalue weighted by Crippen LogP contribution is 2.42. The Hall–Kier alpha value is -2.79. The molecule has 5 heteroatoms. The fourth-order valence-electron chi connectivity index (χ4n) is 3.14. The van der Waals surface area contributed by atoms with Gasteiger partial charge in [0.1, 0.15) is 18.1 Å². The first kappa shape index (κ1) is 16.7. The second-order valence-corrected chi connectivity index (χ2v) is 7.05. The van der Waals surface area contributed by atoms with Crippen molar-refractivity contribution in [3.8, 4) is 21.9 Å². The van der Waals surface area contributed by atoms with Gasteiger partial charge in [-0.25, -0.2) is 0 Å². The molecule has 3 aromatic rings. The van der Waals surface area contributed by atoms with Gasteiger partial charge in [0.25, 0.3) is 5.91 Å². The third-order valence-corrected chi connectivity index (χ3v) is 5.68. The zero-order chi connectivity index (χ0) is 18.1. The maximum absolute atomic E-state index is 13.1. The third-order valence-electron chi connectivity index (χ3n) is 4.48. The Bertz CT molecular complexity index is 946. The number of anilines is 1. The van der Waals surface area contributed by atoms with Crippen LogP contribution in [0.1, 0.15) is 22.2 Å². The number of hydrogen-bond donors (Lipinski definition) is 0. The van der Waals surface area contributed by atoms with E-state index >= 15 is 0 Å². The van der Waals surface area contributed by atoms with Crippen molar-refractivity contribution in [2.75, 3.05) is 18.6 Å². The first-order chi connectivity index (χ1) is 12.7. The standard InChI is InChI=1S/C21H19NO3S/c1-3-22(15-8-10-16(24-2)11-9-15)21(23)19-12-14-13-25-18-7-5-4-6-17(18)20(14)26-19/h4-12H,3,13H2,1-2H3. The van der Waals surface area contributed by atoms with Crippen LogP contribution in [0.3, 0.4) is 0 Å². The van der Waals surface area contributed by atoms with Gasteiger partial charge in [-0.1, -0.05) is 12.1 Å². The molecule has 0 saturated heterocycles. The second-order valence-electron chi connectivity index (χ2n) is 6.00. The van der Waals surface area contributed by atoms with Gasteiger partial charge in [-0.15, -0.1) is 11.3 Å². The molecule has 0 bridgehead atoms. The predicted molar refractivity (Wildman–Crippen MR) is 104 cm³/mol. The quantitative estimate of drug-likeness (QED) is 0.654. The maximum atomic E-state index is 13.1. The highest BCUT2D eigenvalue weighted by atomic mass is 32.1. The molecule has 26 heavy (non-hydrogen) atoms. The summed E-state index contributed by atoms with van der Waals surface area (Å²) in [4.78, 5) is 16.8. The average molecular weight is 365 g/mol. The number of ether oxygens (including phenoxy) is 2. The molecule has 132 valence electrons. The second kappa shape index (κ2) is 6.84. The largest absolute Gasteiger partial charge is 0.497 e. The molecule has 0 radical (unpaired) electrons. The number of thiophene rings is 1. The molecule has 1 amide bonds. The molecular formula is C21H19NO3S. The molecule has 1 aliphatic heterocycles. The van der Waals surface area contributed by atoms with E-state index in [1.54, 1.807) is 12.0 Å². The van der Waals surface area contributed by atoms with Gasteiger partial charge in [0.15, 0.2) is 0 Å². The van der Waals surface area contributed by atoms with Gasteiger partial charge in [-0.3, -0.25) is 4.79 Å². The van der Waals surface area contributed by atoms with Crippen molar-refractivity contribution in [1.29, 1.82) is 0 Å². The van der Waals surface area contributed by atoms with Crippen LogP contribution in [-0.2, 0) is 6.61 Å². The summed E-state index contributed by atoms with van der Waals surface area (Å²) in [5, 5.41) is 0. The smallest absolute Gasteiger partial charge is 0.268 e. The summed E-state index contributed by atoms with van der Waals surface area (Å²) in [5.41, 5.74) is 2.99. The summed E-state index contributed by atoms with van der Waals surface area (Å²) >= 11 is 1.54. The van der Waals surface area contributed by atoms with E-state index in [0.29, 0.717) is 13.2 Å². The molecule has 0 aliphatic carbocycles. The van der Waals surface area contributed by atoms with Gasteiger partial charge < -0.3 is 14.4 Å². The minimum absolute atomic E-state index is 0.00884. The molecule has 4 nitrogen and oxygen atoms in total. The lowest BCUT2D eigenvalue weighted by Gasteiger charge is -2.20. The van der Waals surface area contributed by atoms with E-state index in [0.717, 1.165) is 38.1 Å². The Morgan fingerprint density at radius 2 is 1.96 bits per heavy atom.